The molecule has 0 aliphatic carbocycles. The third kappa shape index (κ3) is 4.13. The summed E-state index contributed by atoms with van der Waals surface area (Å²) in [6, 6.07) is 14.6. The van der Waals surface area contributed by atoms with E-state index in [4.69, 9.17) is 5.73 Å². The molecular weight excluding hydrogens is 391 g/mol. The first-order valence-corrected chi connectivity index (χ1v) is 11.0. The predicted octanol–water partition coefficient (Wildman–Crippen LogP) is 3.53. The Balaban J connectivity index is 1.72. The number of hydrogen-bond acceptors (Lipinski definition) is 5. The van der Waals surface area contributed by atoms with Crippen LogP contribution in [0.25, 0.3) is 11.1 Å². The van der Waals surface area contributed by atoms with Gasteiger partial charge in [0.1, 0.15) is 5.82 Å². The van der Waals surface area contributed by atoms with Gasteiger partial charge < -0.3 is 5.73 Å². The number of rotatable bonds is 5. The molecule has 8 heteroatoms. The average Bonchev–Trinajstić information content (AvgIpc) is 3.20. The number of sulfonamides is 1. The second-order valence-corrected chi connectivity index (χ2v) is 8.97. The lowest BCUT2D eigenvalue weighted by Gasteiger charge is -2.25. The lowest BCUT2D eigenvalue weighted by Crippen LogP contribution is -2.32. The molecule has 0 radical (unpaired) electrons. The van der Waals surface area contributed by atoms with Crippen LogP contribution in [0.1, 0.15) is 30.1 Å². The van der Waals surface area contributed by atoms with Crippen molar-refractivity contribution >= 4 is 16.0 Å². The van der Waals surface area contributed by atoms with Crippen molar-refractivity contribution in [3.63, 3.8) is 0 Å². The van der Waals surface area contributed by atoms with Crippen LogP contribution in [0.3, 0.4) is 0 Å². The largest absolute Gasteiger partial charge is 0.368 e. The molecule has 6 nitrogen and oxygen atoms in total. The number of nitrogens with zero attached hydrogens (tertiary/aromatic N) is 3. The maximum absolute atomic E-state index is 13.4. The van der Waals surface area contributed by atoms with E-state index < -0.39 is 16.1 Å². The third-order valence-corrected chi connectivity index (χ3v) is 6.91. The number of halogens is 1. The van der Waals surface area contributed by atoms with Crippen LogP contribution in [0, 0.1) is 5.82 Å². The summed E-state index contributed by atoms with van der Waals surface area (Å²) in [4.78, 5) is 8.46. The molecule has 0 bridgehead atoms. The van der Waals surface area contributed by atoms with Crippen LogP contribution in [-0.2, 0) is 15.8 Å². The van der Waals surface area contributed by atoms with E-state index >= 15 is 0 Å². The van der Waals surface area contributed by atoms with E-state index in [1.807, 2.05) is 18.2 Å². The van der Waals surface area contributed by atoms with Gasteiger partial charge in [-0.25, -0.2) is 22.8 Å². The van der Waals surface area contributed by atoms with E-state index in [-0.39, 0.29) is 17.5 Å². The Labute approximate surface area is 169 Å². The van der Waals surface area contributed by atoms with Gasteiger partial charge in [0.2, 0.25) is 16.0 Å². The fourth-order valence-corrected chi connectivity index (χ4v) is 5.51. The molecule has 4 rings (SSSR count). The highest BCUT2D eigenvalue weighted by Crippen LogP contribution is 2.39. The van der Waals surface area contributed by atoms with Gasteiger partial charge in [0.15, 0.2) is 0 Å². The summed E-state index contributed by atoms with van der Waals surface area (Å²) in [7, 11) is -3.56. The number of aromatic nitrogens is 2. The summed E-state index contributed by atoms with van der Waals surface area (Å²) >= 11 is 0. The minimum absolute atomic E-state index is 0.0726. The van der Waals surface area contributed by atoms with Gasteiger partial charge in [0.25, 0.3) is 0 Å². The molecule has 1 fully saturated rings. The number of benzene rings is 2. The minimum atomic E-state index is -3.56. The van der Waals surface area contributed by atoms with Gasteiger partial charge in [-0.05, 0) is 36.1 Å². The molecule has 1 saturated heterocycles. The zero-order valence-corrected chi connectivity index (χ0v) is 16.5. The Morgan fingerprint density at radius 1 is 1.10 bits per heavy atom. The average molecular weight is 412 g/mol. The van der Waals surface area contributed by atoms with E-state index in [0.717, 1.165) is 12.0 Å². The Bertz CT molecular complexity index is 1110. The number of anilines is 1. The molecule has 1 aliphatic heterocycles. The van der Waals surface area contributed by atoms with Crippen molar-refractivity contribution in [1.82, 2.24) is 14.3 Å². The van der Waals surface area contributed by atoms with Gasteiger partial charge in [0.05, 0.1) is 17.5 Å². The Hall–Kier alpha value is -2.84. The lowest BCUT2D eigenvalue weighted by molar-refractivity contribution is 0.390. The highest BCUT2D eigenvalue weighted by atomic mass is 32.2. The molecule has 150 valence electrons. The Morgan fingerprint density at radius 2 is 1.83 bits per heavy atom. The number of nitrogen functional groups attached to an aromatic ring is 1. The van der Waals surface area contributed by atoms with Crippen LogP contribution in [-0.4, -0.2) is 29.2 Å². The Morgan fingerprint density at radius 3 is 2.55 bits per heavy atom. The van der Waals surface area contributed by atoms with Crippen molar-refractivity contribution < 1.29 is 12.8 Å². The molecule has 2 heterocycles. The van der Waals surface area contributed by atoms with Crippen molar-refractivity contribution in [3.05, 3.63) is 77.9 Å². The number of hydrogen-bond donors (Lipinski definition) is 1. The smallest absolute Gasteiger partial charge is 0.220 e. The Kier molecular flexibility index (Phi) is 5.29. The molecular formula is C21H21FN4O2S. The topological polar surface area (TPSA) is 89.2 Å². The predicted molar refractivity (Wildman–Crippen MR) is 110 cm³/mol. The molecule has 0 spiro atoms. The summed E-state index contributed by atoms with van der Waals surface area (Å²) in [5.41, 5.74) is 8.49. The van der Waals surface area contributed by atoms with Crippen LogP contribution in [0.2, 0.25) is 0 Å². The summed E-state index contributed by atoms with van der Waals surface area (Å²) in [5.74, 6) is -0.339. The highest BCUT2D eigenvalue weighted by molar-refractivity contribution is 7.88. The molecule has 0 unspecified atom stereocenters. The molecule has 1 aromatic heterocycles. The van der Waals surface area contributed by atoms with Crippen LogP contribution < -0.4 is 5.73 Å². The standard InChI is InChI=1S/C21H21FN4O2S/c22-17-10-8-16(9-11-17)18-13-24-21(23)25-20(18)19-7-4-12-26(19)29(27,28)14-15-5-2-1-3-6-15/h1-3,5-6,8-11,13,19H,4,7,12,14H2,(H2,23,24,25)/t19-/m0/s1. The minimum Gasteiger partial charge on any atom is -0.368 e. The van der Waals surface area contributed by atoms with Gasteiger partial charge in [0, 0.05) is 18.3 Å². The third-order valence-electron chi connectivity index (χ3n) is 5.06. The summed E-state index contributed by atoms with van der Waals surface area (Å²) in [6.07, 6.45) is 2.94. The molecule has 2 aromatic carbocycles. The second kappa shape index (κ2) is 7.88. The van der Waals surface area contributed by atoms with Crippen molar-refractivity contribution in [2.75, 3.05) is 12.3 Å². The van der Waals surface area contributed by atoms with Crippen LogP contribution in [0.15, 0.2) is 60.8 Å². The van der Waals surface area contributed by atoms with Crippen molar-refractivity contribution in [2.24, 2.45) is 0 Å². The lowest BCUT2D eigenvalue weighted by atomic mass is 10.0. The van der Waals surface area contributed by atoms with Crippen LogP contribution >= 0.6 is 0 Å². The zero-order valence-electron chi connectivity index (χ0n) is 15.7. The van der Waals surface area contributed by atoms with Gasteiger partial charge in [-0.3, -0.25) is 0 Å². The van der Waals surface area contributed by atoms with Gasteiger partial charge in [-0.2, -0.15) is 4.31 Å². The molecule has 0 amide bonds. The van der Waals surface area contributed by atoms with Crippen molar-refractivity contribution in [2.45, 2.75) is 24.6 Å². The van der Waals surface area contributed by atoms with E-state index in [0.29, 0.717) is 29.8 Å². The molecule has 1 aliphatic rings. The quantitative estimate of drug-likeness (QED) is 0.692. The van der Waals surface area contributed by atoms with Crippen LogP contribution in [0.4, 0.5) is 10.3 Å². The van der Waals surface area contributed by atoms with Gasteiger partial charge >= 0.3 is 0 Å². The van der Waals surface area contributed by atoms with E-state index in [1.54, 1.807) is 30.5 Å². The highest BCUT2D eigenvalue weighted by Gasteiger charge is 2.37. The summed E-state index contributed by atoms with van der Waals surface area (Å²) in [6.45, 7) is 0.423. The maximum Gasteiger partial charge on any atom is 0.220 e. The van der Waals surface area contributed by atoms with Crippen molar-refractivity contribution in [3.8, 4) is 11.1 Å². The normalized spacial score (nSPS) is 17.5. The summed E-state index contributed by atoms with van der Waals surface area (Å²) in [5, 5.41) is 0. The summed E-state index contributed by atoms with van der Waals surface area (Å²) < 4.78 is 41.2. The second-order valence-electron chi connectivity index (χ2n) is 7.04. The monoisotopic (exact) mass is 412 g/mol. The zero-order chi connectivity index (χ0) is 20.4. The first kappa shape index (κ1) is 19.5. The molecule has 0 saturated carbocycles. The molecule has 3 aromatic rings. The fourth-order valence-electron chi connectivity index (χ4n) is 3.73. The van der Waals surface area contributed by atoms with Gasteiger partial charge in [-0.15, -0.1) is 0 Å². The molecule has 29 heavy (non-hydrogen) atoms. The van der Waals surface area contributed by atoms with E-state index in [2.05, 4.69) is 9.97 Å². The first-order valence-electron chi connectivity index (χ1n) is 9.36. The maximum atomic E-state index is 13.4. The fraction of sp³-hybridized carbons (Fsp3) is 0.238. The van der Waals surface area contributed by atoms with Crippen molar-refractivity contribution in [1.29, 1.82) is 0 Å². The first-order chi connectivity index (χ1) is 13.9. The van der Waals surface area contributed by atoms with Crippen LogP contribution in [0.5, 0.6) is 0 Å². The van der Waals surface area contributed by atoms with E-state index in [9.17, 15) is 12.8 Å². The molecule has 2 N–H and O–H groups in total. The number of nitrogens with two attached hydrogens (primary N) is 1. The molecule has 1 atom stereocenters. The van der Waals surface area contributed by atoms with Gasteiger partial charge in [-0.1, -0.05) is 42.5 Å². The SMILES string of the molecule is Nc1ncc(-c2ccc(F)cc2)c([C@@H]2CCCN2S(=O)(=O)Cc2ccccc2)n1. The van der Waals surface area contributed by atoms with E-state index in [1.165, 1.54) is 16.4 Å².